The number of amides is 5. The number of benzene rings is 2. The number of piperazine rings is 1. The van der Waals surface area contributed by atoms with Gasteiger partial charge in [-0.1, -0.05) is 36.4 Å². The SMILES string of the molecule is O=C(O)CC[C@H](NC(=O)c1cc(OCC(=O)N2CCC[C@H]2C(=O)NC2CCC2)n(-c2ccccc2)n1)C(=O)N1CCN(C(=O)c2ccccc2)CC1. The molecule has 15 heteroatoms. The number of hydrogen-bond acceptors (Lipinski definition) is 8. The summed E-state index contributed by atoms with van der Waals surface area (Å²) in [5, 5.41) is 19.5. The van der Waals surface area contributed by atoms with E-state index >= 15 is 0 Å². The zero-order valence-electron chi connectivity index (χ0n) is 28.8. The molecule has 0 unspecified atom stereocenters. The van der Waals surface area contributed by atoms with Crippen molar-refractivity contribution < 1.29 is 38.6 Å². The first-order valence-corrected chi connectivity index (χ1v) is 17.7. The largest absolute Gasteiger partial charge is 0.481 e. The quantitative estimate of drug-likeness (QED) is 0.238. The maximum absolute atomic E-state index is 13.7. The molecule has 1 aromatic heterocycles. The van der Waals surface area contributed by atoms with Gasteiger partial charge in [0.1, 0.15) is 12.1 Å². The van der Waals surface area contributed by atoms with Crippen LogP contribution in [-0.4, -0.2) is 123 Å². The first kappa shape index (κ1) is 36.1. The fraction of sp³-hybridized carbons (Fsp3) is 0.432. The van der Waals surface area contributed by atoms with Crippen LogP contribution < -0.4 is 15.4 Å². The van der Waals surface area contributed by atoms with E-state index in [1.54, 1.807) is 53.4 Å². The Bertz CT molecular complexity index is 1770. The molecular formula is C37H43N7O8. The lowest BCUT2D eigenvalue weighted by Crippen LogP contribution is -2.56. The molecule has 0 radical (unpaired) electrons. The average molecular weight is 714 g/mol. The number of nitrogens with zero attached hydrogens (tertiary/aromatic N) is 5. The predicted octanol–water partition coefficient (Wildman–Crippen LogP) is 1.86. The van der Waals surface area contributed by atoms with Crippen molar-refractivity contribution in [3.63, 3.8) is 0 Å². The van der Waals surface area contributed by atoms with Crippen LogP contribution in [0.2, 0.25) is 0 Å². The normalized spacial score (nSPS) is 17.9. The highest BCUT2D eigenvalue weighted by molar-refractivity contribution is 5.97. The number of aliphatic carboxylic acids is 1. The number of para-hydroxylation sites is 1. The van der Waals surface area contributed by atoms with Gasteiger partial charge in [0.15, 0.2) is 12.3 Å². The van der Waals surface area contributed by atoms with Gasteiger partial charge in [-0.05, 0) is 62.8 Å². The van der Waals surface area contributed by atoms with Gasteiger partial charge in [0.05, 0.1) is 5.69 Å². The Labute approximate surface area is 300 Å². The number of ether oxygens (including phenoxy) is 1. The van der Waals surface area contributed by atoms with Crippen LogP contribution in [0.1, 0.15) is 65.8 Å². The zero-order chi connectivity index (χ0) is 36.6. The summed E-state index contributed by atoms with van der Waals surface area (Å²) in [5.74, 6) is -2.91. The van der Waals surface area contributed by atoms with Crippen molar-refractivity contribution in [3.05, 3.63) is 78.0 Å². The van der Waals surface area contributed by atoms with E-state index in [1.165, 1.54) is 20.5 Å². The van der Waals surface area contributed by atoms with E-state index in [2.05, 4.69) is 15.7 Å². The Kier molecular flexibility index (Phi) is 11.5. The third-order valence-corrected chi connectivity index (χ3v) is 9.73. The van der Waals surface area contributed by atoms with Crippen LogP contribution in [-0.2, 0) is 19.2 Å². The molecule has 1 saturated carbocycles. The number of nitrogens with one attached hydrogen (secondary N) is 2. The lowest BCUT2D eigenvalue weighted by atomic mass is 9.93. The van der Waals surface area contributed by atoms with E-state index < -0.39 is 36.5 Å². The van der Waals surface area contributed by atoms with E-state index in [1.807, 2.05) is 12.1 Å². The lowest BCUT2D eigenvalue weighted by Gasteiger charge is -2.36. The molecule has 3 aliphatic rings. The fourth-order valence-electron chi connectivity index (χ4n) is 6.61. The van der Waals surface area contributed by atoms with Gasteiger partial charge in [0.2, 0.25) is 17.7 Å². The van der Waals surface area contributed by atoms with Crippen molar-refractivity contribution in [1.82, 2.24) is 35.1 Å². The smallest absolute Gasteiger partial charge is 0.303 e. The fourth-order valence-corrected chi connectivity index (χ4v) is 6.61. The summed E-state index contributed by atoms with van der Waals surface area (Å²) >= 11 is 0. The Morgan fingerprint density at radius 2 is 1.52 bits per heavy atom. The number of rotatable bonds is 13. The van der Waals surface area contributed by atoms with Crippen molar-refractivity contribution in [2.24, 2.45) is 0 Å². The molecule has 3 fully saturated rings. The van der Waals surface area contributed by atoms with Crippen LogP contribution in [0.25, 0.3) is 5.69 Å². The zero-order valence-corrected chi connectivity index (χ0v) is 28.8. The highest BCUT2D eigenvalue weighted by atomic mass is 16.5. The van der Waals surface area contributed by atoms with Crippen LogP contribution >= 0.6 is 0 Å². The highest BCUT2D eigenvalue weighted by Gasteiger charge is 2.36. The molecular weight excluding hydrogens is 670 g/mol. The minimum atomic E-state index is -1.18. The summed E-state index contributed by atoms with van der Waals surface area (Å²) in [7, 11) is 0. The van der Waals surface area contributed by atoms with Crippen LogP contribution in [0.15, 0.2) is 66.7 Å². The first-order valence-electron chi connectivity index (χ1n) is 17.7. The number of carbonyl (C=O) groups is 6. The van der Waals surface area contributed by atoms with Gasteiger partial charge in [-0.3, -0.25) is 28.8 Å². The molecule has 1 aliphatic carbocycles. The predicted molar refractivity (Wildman–Crippen MR) is 187 cm³/mol. The number of carboxylic acids is 1. The molecule has 2 saturated heterocycles. The van der Waals surface area contributed by atoms with Crippen molar-refractivity contribution in [2.45, 2.75) is 63.1 Å². The topological polar surface area (TPSA) is 183 Å². The number of hydrogen-bond donors (Lipinski definition) is 3. The van der Waals surface area contributed by atoms with E-state index in [0.717, 1.165) is 19.3 Å². The Hall–Kier alpha value is -5.73. The van der Waals surface area contributed by atoms with Crippen molar-refractivity contribution in [3.8, 4) is 11.6 Å². The molecule has 52 heavy (non-hydrogen) atoms. The minimum absolute atomic E-state index is 0.0898. The number of carboxylic acid groups (broad SMARTS) is 1. The van der Waals surface area contributed by atoms with E-state index in [4.69, 9.17) is 4.74 Å². The van der Waals surface area contributed by atoms with Gasteiger partial charge in [0, 0.05) is 56.8 Å². The Morgan fingerprint density at radius 3 is 2.17 bits per heavy atom. The number of carbonyl (C=O) groups excluding carboxylic acids is 5. The number of aromatic nitrogens is 2. The van der Waals surface area contributed by atoms with Crippen molar-refractivity contribution in [2.75, 3.05) is 39.3 Å². The molecule has 3 N–H and O–H groups in total. The van der Waals surface area contributed by atoms with E-state index in [9.17, 15) is 33.9 Å². The maximum Gasteiger partial charge on any atom is 0.303 e. The summed E-state index contributed by atoms with van der Waals surface area (Å²) in [6.45, 7) is 1.02. The highest BCUT2D eigenvalue weighted by Crippen LogP contribution is 2.24. The Balaban J connectivity index is 1.13. The monoisotopic (exact) mass is 713 g/mol. The summed E-state index contributed by atoms with van der Waals surface area (Å²) in [5.41, 5.74) is 0.976. The third-order valence-electron chi connectivity index (χ3n) is 9.73. The van der Waals surface area contributed by atoms with E-state index in [0.29, 0.717) is 30.6 Å². The summed E-state index contributed by atoms with van der Waals surface area (Å²) in [4.78, 5) is 82.6. The Morgan fingerprint density at radius 1 is 0.846 bits per heavy atom. The number of likely N-dealkylation sites (tertiary alicyclic amines) is 1. The van der Waals surface area contributed by atoms with Gasteiger partial charge < -0.3 is 35.2 Å². The molecule has 15 nitrogen and oxygen atoms in total. The van der Waals surface area contributed by atoms with Crippen LogP contribution in [0.5, 0.6) is 5.88 Å². The molecule has 2 atom stereocenters. The lowest BCUT2D eigenvalue weighted by molar-refractivity contribution is -0.140. The second-order valence-corrected chi connectivity index (χ2v) is 13.2. The van der Waals surface area contributed by atoms with Gasteiger partial charge in [-0.25, -0.2) is 4.68 Å². The molecule has 2 aliphatic heterocycles. The van der Waals surface area contributed by atoms with Crippen LogP contribution in [0.4, 0.5) is 0 Å². The van der Waals surface area contributed by atoms with Crippen LogP contribution in [0.3, 0.4) is 0 Å². The first-order chi connectivity index (χ1) is 25.2. The van der Waals surface area contributed by atoms with Gasteiger partial charge in [0.25, 0.3) is 17.7 Å². The van der Waals surface area contributed by atoms with Gasteiger partial charge in [-0.15, -0.1) is 0 Å². The average Bonchev–Trinajstić information content (AvgIpc) is 3.82. The van der Waals surface area contributed by atoms with E-state index in [-0.39, 0.29) is 74.4 Å². The second kappa shape index (κ2) is 16.5. The summed E-state index contributed by atoms with van der Waals surface area (Å²) in [6, 6.07) is 17.4. The molecule has 2 aromatic carbocycles. The standard InChI is InChI=1S/C37H43N7O8/c45-31(43-18-8-15-30(43)35(49)38-26-11-7-12-26)24-52-32-23-29(40-44(32)27-13-5-2-6-14-27)34(48)39-28(16-17-33(46)47)37(51)42-21-19-41(20-22-42)36(50)25-9-3-1-4-10-25/h1-6,9-10,13-14,23,26,28,30H,7-8,11-12,15-22,24H2,(H,38,49)(H,39,48)(H,46,47)/t28-,30-/m0/s1. The molecule has 274 valence electrons. The molecule has 0 spiro atoms. The molecule has 6 rings (SSSR count). The van der Waals surface area contributed by atoms with Crippen molar-refractivity contribution in [1.29, 1.82) is 0 Å². The second-order valence-electron chi connectivity index (χ2n) is 13.2. The molecule has 5 amide bonds. The third kappa shape index (κ3) is 8.58. The molecule has 0 bridgehead atoms. The maximum atomic E-state index is 13.7. The summed E-state index contributed by atoms with van der Waals surface area (Å²) in [6.07, 6.45) is 3.70. The van der Waals surface area contributed by atoms with Gasteiger partial charge in [-0.2, -0.15) is 5.10 Å². The van der Waals surface area contributed by atoms with Crippen molar-refractivity contribution >= 4 is 35.5 Å². The minimum Gasteiger partial charge on any atom is -0.481 e. The molecule has 3 heterocycles. The van der Waals surface area contributed by atoms with Crippen LogP contribution in [0, 0.1) is 0 Å². The summed E-state index contributed by atoms with van der Waals surface area (Å²) < 4.78 is 7.30. The van der Waals surface area contributed by atoms with Gasteiger partial charge >= 0.3 is 5.97 Å². The molecule has 3 aromatic rings.